The maximum Gasteiger partial charge on any atom is 0.225 e. The lowest BCUT2D eigenvalue weighted by atomic mass is 10.2. The second-order valence-corrected chi connectivity index (χ2v) is 6.88. The average Bonchev–Trinajstić information content (AvgIpc) is 2.69. The van der Waals surface area contributed by atoms with Gasteiger partial charge in [0.1, 0.15) is 10.6 Å². The lowest BCUT2D eigenvalue weighted by Crippen LogP contribution is -1.98. The summed E-state index contributed by atoms with van der Waals surface area (Å²) < 4.78 is 0. The summed E-state index contributed by atoms with van der Waals surface area (Å²) >= 11 is 20.0. The molecule has 1 aromatic carbocycles. The second kappa shape index (κ2) is 5.61. The van der Waals surface area contributed by atoms with Crippen LogP contribution in [0.3, 0.4) is 0 Å². The highest BCUT2D eigenvalue weighted by Gasteiger charge is 2.16. The van der Waals surface area contributed by atoms with Gasteiger partial charge in [-0.05, 0) is 43.1 Å². The van der Waals surface area contributed by atoms with Crippen LogP contribution in [0.2, 0.25) is 15.3 Å². The fourth-order valence-corrected chi connectivity index (χ4v) is 3.79. The highest BCUT2D eigenvalue weighted by Crippen LogP contribution is 2.38. The van der Waals surface area contributed by atoms with Crippen molar-refractivity contribution in [2.24, 2.45) is 0 Å². The van der Waals surface area contributed by atoms with Gasteiger partial charge in [0.05, 0.1) is 21.1 Å². The predicted octanol–water partition coefficient (Wildman–Crippen LogP) is 6.01. The van der Waals surface area contributed by atoms with E-state index in [4.69, 9.17) is 34.8 Å². The van der Waals surface area contributed by atoms with E-state index in [0.29, 0.717) is 21.6 Å². The van der Waals surface area contributed by atoms with Crippen molar-refractivity contribution in [3.8, 4) is 0 Å². The normalized spacial score (nSPS) is 11.1. The van der Waals surface area contributed by atoms with E-state index in [2.05, 4.69) is 15.3 Å². The minimum Gasteiger partial charge on any atom is -0.337 e. The zero-order valence-corrected chi connectivity index (χ0v) is 14.3. The summed E-state index contributed by atoms with van der Waals surface area (Å²) in [5.41, 5.74) is 1.73. The Balaban J connectivity index is 2.21. The molecule has 0 spiro atoms. The van der Waals surface area contributed by atoms with Gasteiger partial charge in [0.25, 0.3) is 0 Å². The molecule has 3 nitrogen and oxygen atoms in total. The Morgan fingerprint density at radius 1 is 1.05 bits per heavy atom. The molecule has 0 saturated heterocycles. The number of hydrogen-bond donors (Lipinski definition) is 1. The van der Waals surface area contributed by atoms with Crippen LogP contribution < -0.4 is 5.32 Å². The highest BCUT2D eigenvalue weighted by molar-refractivity contribution is 7.18. The summed E-state index contributed by atoms with van der Waals surface area (Å²) in [7, 11) is 0. The number of aryl methyl sites for hydroxylation is 2. The summed E-state index contributed by atoms with van der Waals surface area (Å²) in [6, 6.07) is 5.32. The molecule has 3 aromatic rings. The number of hydrogen-bond acceptors (Lipinski definition) is 4. The number of halogens is 3. The van der Waals surface area contributed by atoms with E-state index in [0.717, 1.165) is 15.8 Å². The third kappa shape index (κ3) is 2.69. The largest absolute Gasteiger partial charge is 0.337 e. The molecule has 2 aromatic heterocycles. The Morgan fingerprint density at radius 2 is 1.71 bits per heavy atom. The van der Waals surface area contributed by atoms with Gasteiger partial charge < -0.3 is 5.32 Å². The molecule has 108 valence electrons. The quantitative estimate of drug-likeness (QED) is 0.570. The lowest BCUT2D eigenvalue weighted by molar-refractivity contribution is 1.22. The SMILES string of the molecule is Cc1sc2nc(Cl)nc(Nc3c(Cl)cccc3Cl)c2c1C. The first-order chi connectivity index (χ1) is 9.97. The molecule has 0 atom stereocenters. The molecule has 0 fully saturated rings. The number of aromatic nitrogens is 2. The molecule has 3 rings (SSSR count). The zero-order chi connectivity index (χ0) is 15.1. The fourth-order valence-electron chi connectivity index (χ4n) is 2.05. The minimum absolute atomic E-state index is 0.189. The van der Waals surface area contributed by atoms with Gasteiger partial charge in [0.2, 0.25) is 5.28 Å². The number of thiophene rings is 1. The van der Waals surface area contributed by atoms with Crippen LogP contribution in [0.25, 0.3) is 10.2 Å². The summed E-state index contributed by atoms with van der Waals surface area (Å²) in [5.74, 6) is 0.613. The maximum absolute atomic E-state index is 6.19. The van der Waals surface area contributed by atoms with Gasteiger partial charge in [-0.15, -0.1) is 11.3 Å². The number of rotatable bonds is 2. The van der Waals surface area contributed by atoms with E-state index in [9.17, 15) is 0 Å². The van der Waals surface area contributed by atoms with Crippen LogP contribution in [-0.2, 0) is 0 Å². The second-order valence-electron chi connectivity index (χ2n) is 4.53. The standard InChI is InChI=1S/C14H10Cl3N3S/c1-6-7(2)21-13-10(6)12(19-14(17)20-13)18-11-8(15)4-3-5-9(11)16/h3-5H,1-2H3,(H,18,19,20). The van der Waals surface area contributed by atoms with Gasteiger partial charge >= 0.3 is 0 Å². The minimum atomic E-state index is 0.189. The van der Waals surface area contributed by atoms with Crippen LogP contribution in [0.5, 0.6) is 0 Å². The monoisotopic (exact) mass is 357 g/mol. The van der Waals surface area contributed by atoms with Crippen LogP contribution >= 0.6 is 46.1 Å². The van der Waals surface area contributed by atoms with Crippen molar-refractivity contribution >= 4 is 67.9 Å². The lowest BCUT2D eigenvalue weighted by Gasteiger charge is -2.11. The van der Waals surface area contributed by atoms with Gasteiger partial charge in [0.15, 0.2) is 0 Å². The summed E-state index contributed by atoms with van der Waals surface area (Å²) in [6.45, 7) is 4.08. The fraction of sp³-hybridized carbons (Fsp3) is 0.143. The summed E-state index contributed by atoms with van der Waals surface area (Å²) in [6.07, 6.45) is 0. The maximum atomic E-state index is 6.19. The van der Waals surface area contributed by atoms with E-state index < -0.39 is 0 Å². The molecule has 7 heteroatoms. The van der Waals surface area contributed by atoms with E-state index in [-0.39, 0.29) is 5.28 Å². The first-order valence-corrected chi connectivity index (χ1v) is 8.06. The smallest absolute Gasteiger partial charge is 0.225 e. The third-order valence-corrected chi connectivity index (χ3v) is 5.11. The average molecular weight is 359 g/mol. The van der Waals surface area contributed by atoms with Crippen LogP contribution in [0, 0.1) is 13.8 Å². The van der Waals surface area contributed by atoms with Crippen LogP contribution in [0.15, 0.2) is 18.2 Å². The molecule has 0 aliphatic carbocycles. The van der Waals surface area contributed by atoms with E-state index in [1.807, 2.05) is 13.8 Å². The topological polar surface area (TPSA) is 37.8 Å². The molecule has 0 aliphatic rings. The number of nitrogens with one attached hydrogen (secondary N) is 1. The Bertz CT molecular complexity index is 825. The van der Waals surface area contributed by atoms with Crippen molar-refractivity contribution < 1.29 is 0 Å². The van der Waals surface area contributed by atoms with Crippen LogP contribution in [0.1, 0.15) is 10.4 Å². The molecule has 2 heterocycles. The molecule has 21 heavy (non-hydrogen) atoms. The van der Waals surface area contributed by atoms with E-state index in [1.165, 1.54) is 4.88 Å². The number of para-hydroxylation sites is 1. The van der Waals surface area contributed by atoms with Gasteiger partial charge in [0, 0.05) is 4.88 Å². The van der Waals surface area contributed by atoms with E-state index in [1.54, 1.807) is 29.5 Å². The number of nitrogens with zero attached hydrogens (tertiary/aromatic N) is 2. The van der Waals surface area contributed by atoms with E-state index >= 15 is 0 Å². The molecule has 0 bridgehead atoms. The zero-order valence-electron chi connectivity index (χ0n) is 11.2. The summed E-state index contributed by atoms with van der Waals surface area (Å²) in [4.78, 5) is 10.6. The highest BCUT2D eigenvalue weighted by atomic mass is 35.5. The van der Waals surface area contributed by atoms with Crippen LogP contribution in [-0.4, -0.2) is 9.97 Å². The Hall–Kier alpha value is -1.07. The van der Waals surface area contributed by atoms with Gasteiger partial charge in [-0.2, -0.15) is 4.98 Å². The first-order valence-electron chi connectivity index (χ1n) is 6.11. The molecule has 0 amide bonds. The van der Waals surface area contributed by atoms with Crippen molar-refractivity contribution in [1.29, 1.82) is 0 Å². The number of fused-ring (bicyclic) bond motifs is 1. The van der Waals surface area contributed by atoms with Gasteiger partial charge in [-0.25, -0.2) is 4.98 Å². The molecule has 1 N–H and O–H groups in total. The van der Waals surface area contributed by atoms with Crippen LogP contribution in [0.4, 0.5) is 11.5 Å². The Labute approximate surface area is 140 Å². The molecule has 0 aliphatic heterocycles. The third-order valence-electron chi connectivity index (χ3n) is 3.21. The Morgan fingerprint density at radius 3 is 2.38 bits per heavy atom. The first kappa shape index (κ1) is 14.9. The molecule has 0 saturated carbocycles. The van der Waals surface area contributed by atoms with Crippen molar-refractivity contribution in [3.05, 3.63) is 44.0 Å². The molecule has 0 unspecified atom stereocenters. The van der Waals surface area contributed by atoms with Crippen molar-refractivity contribution in [3.63, 3.8) is 0 Å². The molecular weight excluding hydrogens is 349 g/mol. The summed E-state index contributed by atoms with van der Waals surface area (Å²) in [5, 5.41) is 5.36. The van der Waals surface area contributed by atoms with Crippen molar-refractivity contribution in [2.75, 3.05) is 5.32 Å². The van der Waals surface area contributed by atoms with Gasteiger partial charge in [-0.3, -0.25) is 0 Å². The molecular formula is C14H10Cl3N3S. The Kier molecular flexibility index (Phi) is 3.97. The molecule has 0 radical (unpaired) electrons. The van der Waals surface area contributed by atoms with Crippen molar-refractivity contribution in [1.82, 2.24) is 9.97 Å². The number of benzene rings is 1. The van der Waals surface area contributed by atoms with Gasteiger partial charge in [-0.1, -0.05) is 29.3 Å². The van der Waals surface area contributed by atoms with Crippen molar-refractivity contribution in [2.45, 2.75) is 13.8 Å². The number of anilines is 2. The predicted molar refractivity (Wildman–Crippen MR) is 91.6 cm³/mol.